The molecule has 11 heteroatoms. The van der Waals surface area contributed by atoms with Gasteiger partial charge in [-0.2, -0.15) is 0 Å². The number of likely N-dealkylation sites (N-methyl/N-ethyl adjacent to an activating group) is 1. The van der Waals surface area contributed by atoms with E-state index >= 15 is 0 Å². The van der Waals surface area contributed by atoms with Crippen molar-refractivity contribution >= 4 is 28.6 Å². The molecule has 3 N–H and O–H groups in total. The number of nitrogens with one attached hydrogen (secondary N) is 2. The summed E-state index contributed by atoms with van der Waals surface area (Å²) >= 11 is 1.04. The molecule has 8 nitrogen and oxygen atoms in total. The second-order valence-corrected chi connectivity index (χ2v) is 9.26. The van der Waals surface area contributed by atoms with Crippen LogP contribution in [0.25, 0.3) is 5.57 Å². The smallest absolute Gasteiger partial charge is 0.254 e. The summed E-state index contributed by atoms with van der Waals surface area (Å²) in [5.41, 5.74) is 5.91. The van der Waals surface area contributed by atoms with Crippen molar-refractivity contribution < 1.29 is 23.5 Å². The van der Waals surface area contributed by atoms with Crippen LogP contribution in [0.15, 0.2) is 35.7 Å². The highest BCUT2D eigenvalue weighted by molar-refractivity contribution is 7.12. The third kappa shape index (κ3) is 6.03. The van der Waals surface area contributed by atoms with E-state index in [4.69, 9.17) is 0 Å². The summed E-state index contributed by atoms with van der Waals surface area (Å²) in [4.78, 5) is 27.8. The molecular weight excluding hydrogens is 464 g/mol. The number of allylic oxidation sites excluding steroid dienone is 1. The number of ketones is 1. The number of aliphatic hydroxyl groups excluding tert-OH is 1. The topological polar surface area (TPSA) is 107 Å². The molecule has 1 aliphatic heterocycles. The Balaban J connectivity index is 1.94. The number of Topliss-reactive ketones (excluding diaryl/α,β-unsaturated/α-hetero) is 1. The van der Waals surface area contributed by atoms with Crippen molar-refractivity contribution in [2.45, 2.75) is 40.0 Å². The first-order valence-electron chi connectivity index (χ1n) is 10.9. The van der Waals surface area contributed by atoms with Crippen LogP contribution in [-0.4, -0.2) is 45.1 Å². The van der Waals surface area contributed by atoms with E-state index in [0.29, 0.717) is 18.0 Å². The minimum atomic E-state index is -0.768. The number of rotatable bonds is 7. The molecule has 0 bridgehead atoms. The Bertz CT molecular complexity index is 1130. The minimum Gasteiger partial charge on any atom is -0.504 e. The normalized spacial score (nSPS) is 19.2. The number of halogens is 2. The maximum atomic E-state index is 14.0. The van der Waals surface area contributed by atoms with Crippen LogP contribution in [0.1, 0.15) is 49.2 Å². The van der Waals surface area contributed by atoms with Gasteiger partial charge in [0.05, 0.1) is 17.8 Å². The first-order valence-corrected chi connectivity index (χ1v) is 11.7. The molecule has 0 radical (unpaired) electrons. The summed E-state index contributed by atoms with van der Waals surface area (Å²) in [6.45, 7) is 6.32. The molecule has 34 heavy (non-hydrogen) atoms. The van der Waals surface area contributed by atoms with E-state index in [9.17, 15) is 23.5 Å². The van der Waals surface area contributed by atoms with Crippen molar-refractivity contribution in [3.8, 4) is 0 Å². The molecule has 0 saturated carbocycles. The lowest BCUT2D eigenvalue weighted by Gasteiger charge is -2.24. The van der Waals surface area contributed by atoms with Crippen molar-refractivity contribution in [3.05, 3.63) is 62.9 Å². The van der Waals surface area contributed by atoms with E-state index in [1.807, 2.05) is 13.8 Å². The van der Waals surface area contributed by atoms with Crippen LogP contribution in [0, 0.1) is 17.6 Å². The summed E-state index contributed by atoms with van der Waals surface area (Å²) in [6, 6.07) is 3.27. The van der Waals surface area contributed by atoms with Crippen molar-refractivity contribution in [2.24, 2.45) is 5.92 Å². The van der Waals surface area contributed by atoms with Gasteiger partial charge in [-0.1, -0.05) is 31.3 Å². The fourth-order valence-electron chi connectivity index (χ4n) is 3.29. The highest BCUT2D eigenvalue weighted by Gasteiger charge is 2.29. The molecule has 0 spiro atoms. The zero-order valence-electron chi connectivity index (χ0n) is 19.2. The lowest BCUT2D eigenvalue weighted by atomic mass is 9.98. The van der Waals surface area contributed by atoms with Gasteiger partial charge >= 0.3 is 0 Å². The number of hydrazine groups is 1. The number of hydrogen-bond acceptors (Lipinski definition) is 8. The van der Waals surface area contributed by atoms with E-state index in [0.717, 1.165) is 23.5 Å². The maximum absolute atomic E-state index is 14.0. The van der Waals surface area contributed by atoms with Crippen LogP contribution in [0.5, 0.6) is 0 Å². The lowest BCUT2D eigenvalue weighted by molar-refractivity contribution is -0.128. The molecule has 1 amide bonds. The number of carbonyl (C=O) groups is 2. The molecule has 2 aromatic rings. The molecule has 1 aromatic carbocycles. The zero-order chi connectivity index (χ0) is 24.8. The van der Waals surface area contributed by atoms with Gasteiger partial charge in [0.1, 0.15) is 16.6 Å². The fraction of sp³-hybridized carbons (Fsp3) is 0.391. The first-order chi connectivity index (χ1) is 16.2. The van der Waals surface area contributed by atoms with Crippen molar-refractivity contribution in [1.82, 2.24) is 25.9 Å². The van der Waals surface area contributed by atoms with Crippen molar-refractivity contribution in [1.29, 1.82) is 0 Å². The SMILES string of the molecule is CCN1CNN/C=C(/c2nnc(Cc3ccc(F)cc3F)s2)C(=O)/C(O)=C(\CCC(C)C)C1=O. The number of aliphatic hydroxyl groups is 1. The molecule has 182 valence electrons. The van der Waals surface area contributed by atoms with Crippen LogP contribution in [0.2, 0.25) is 0 Å². The molecular formula is C23H27F2N5O3S. The average Bonchev–Trinajstić information content (AvgIpc) is 3.25. The van der Waals surface area contributed by atoms with Gasteiger partial charge in [0.25, 0.3) is 5.91 Å². The number of benzene rings is 1. The van der Waals surface area contributed by atoms with Gasteiger partial charge in [-0.05, 0) is 37.3 Å². The van der Waals surface area contributed by atoms with Crippen LogP contribution in [0.3, 0.4) is 0 Å². The number of hydrogen-bond donors (Lipinski definition) is 3. The van der Waals surface area contributed by atoms with Gasteiger partial charge in [0.15, 0.2) is 10.8 Å². The Labute approximate surface area is 200 Å². The zero-order valence-corrected chi connectivity index (χ0v) is 20.0. The number of amides is 1. The van der Waals surface area contributed by atoms with E-state index in [2.05, 4.69) is 21.0 Å². The summed E-state index contributed by atoms with van der Waals surface area (Å²) in [5.74, 6) is -2.93. The molecule has 0 fully saturated rings. The van der Waals surface area contributed by atoms with E-state index < -0.39 is 29.1 Å². The highest BCUT2D eigenvalue weighted by Crippen LogP contribution is 2.27. The summed E-state index contributed by atoms with van der Waals surface area (Å²) < 4.78 is 27.2. The van der Waals surface area contributed by atoms with Gasteiger partial charge in [0.2, 0.25) is 5.78 Å². The molecule has 3 rings (SSSR count). The Morgan fingerprint density at radius 1 is 1.24 bits per heavy atom. The van der Waals surface area contributed by atoms with E-state index in [1.54, 1.807) is 6.92 Å². The van der Waals surface area contributed by atoms with Crippen molar-refractivity contribution in [3.63, 3.8) is 0 Å². The van der Waals surface area contributed by atoms with Gasteiger partial charge in [0, 0.05) is 25.2 Å². The Hall–Kier alpha value is -3.18. The van der Waals surface area contributed by atoms with Gasteiger partial charge in [-0.25, -0.2) is 14.2 Å². The standard InChI is InChI=1S/C23H27F2N5O3S/c1-4-30-12-27-26-11-17(21(32)20(31)16(23(30)33)8-5-13(2)3)22-29-28-19(34-22)9-14-6-7-15(24)10-18(14)25/h6-7,10-11,13,26-27,31H,4-5,8-9,12H2,1-3H3/b17-11+,20-16-. The van der Waals surface area contributed by atoms with E-state index in [1.165, 1.54) is 17.2 Å². The Kier molecular flexibility index (Phi) is 8.46. The van der Waals surface area contributed by atoms with Crippen molar-refractivity contribution in [2.75, 3.05) is 13.2 Å². The summed E-state index contributed by atoms with van der Waals surface area (Å²) in [7, 11) is 0. The lowest BCUT2D eigenvalue weighted by Crippen LogP contribution is -2.44. The molecule has 1 aliphatic rings. The third-order valence-corrected chi connectivity index (χ3v) is 6.24. The predicted octanol–water partition coefficient (Wildman–Crippen LogP) is 3.48. The monoisotopic (exact) mass is 491 g/mol. The van der Waals surface area contributed by atoms with Crippen LogP contribution in [0.4, 0.5) is 8.78 Å². The molecule has 0 saturated heterocycles. The van der Waals surface area contributed by atoms with Crippen LogP contribution < -0.4 is 10.9 Å². The molecule has 0 aliphatic carbocycles. The third-order valence-electron chi connectivity index (χ3n) is 5.29. The largest absolute Gasteiger partial charge is 0.504 e. The summed E-state index contributed by atoms with van der Waals surface area (Å²) in [5, 5.41) is 19.5. The predicted molar refractivity (Wildman–Crippen MR) is 124 cm³/mol. The van der Waals surface area contributed by atoms with Crippen LogP contribution >= 0.6 is 11.3 Å². The van der Waals surface area contributed by atoms with Gasteiger partial charge in [-0.15, -0.1) is 10.2 Å². The Morgan fingerprint density at radius 3 is 2.68 bits per heavy atom. The highest BCUT2D eigenvalue weighted by atomic mass is 32.1. The molecule has 2 heterocycles. The van der Waals surface area contributed by atoms with Gasteiger partial charge < -0.3 is 15.4 Å². The second kappa shape index (κ2) is 11.3. The minimum absolute atomic E-state index is 0.00752. The molecule has 0 unspecified atom stereocenters. The number of carbonyl (C=O) groups excluding carboxylic acids is 2. The first kappa shape index (κ1) is 25.4. The quantitative estimate of drug-likeness (QED) is 0.544. The second-order valence-electron chi connectivity index (χ2n) is 8.20. The number of nitrogens with zero attached hydrogens (tertiary/aromatic N) is 3. The molecule has 0 atom stereocenters. The van der Waals surface area contributed by atoms with Gasteiger partial charge in [-0.3, -0.25) is 9.59 Å². The Morgan fingerprint density at radius 2 is 2.00 bits per heavy atom. The fourth-order valence-corrected chi connectivity index (χ4v) is 4.17. The number of aromatic nitrogens is 2. The van der Waals surface area contributed by atoms with E-state index in [-0.39, 0.29) is 47.1 Å². The molecule has 1 aromatic heterocycles. The summed E-state index contributed by atoms with van der Waals surface area (Å²) in [6.07, 6.45) is 2.27. The maximum Gasteiger partial charge on any atom is 0.254 e. The van der Waals surface area contributed by atoms with Crippen LogP contribution in [-0.2, 0) is 16.0 Å². The average molecular weight is 492 g/mol.